The molecule has 3 rings (SSSR count). The molecule has 1 aromatic heterocycles. The van der Waals surface area contributed by atoms with E-state index in [9.17, 15) is 9.59 Å². The monoisotopic (exact) mass is 350 g/mol. The molecule has 0 spiro atoms. The molecule has 5 nitrogen and oxygen atoms in total. The lowest BCUT2D eigenvalue weighted by Crippen LogP contribution is -2.33. The molecular weight excluding hydrogens is 328 g/mol. The molecule has 0 bridgehead atoms. The van der Waals surface area contributed by atoms with Crippen LogP contribution in [0, 0.1) is 0 Å². The summed E-state index contributed by atoms with van der Waals surface area (Å²) in [7, 11) is 3.41. The van der Waals surface area contributed by atoms with Gasteiger partial charge in [-0.2, -0.15) is 0 Å². The van der Waals surface area contributed by atoms with E-state index in [2.05, 4.69) is 0 Å². The Balaban J connectivity index is 1.86. The largest absolute Gasteiger partial charge is 0.496 e. The fourth-order valence-electron chi connectivity index (χ4n) is 3.09. The van der Waals surface area contributed by atoms with Crippen molar-refractivity contribution in [3.8, 4) is 5.75 Å². The van der Waals surface area contributed by atoms with Gasteiger partial charge in [-0.25, -0.2) is 0 Å². The van der Waals surface area contributed by atoms with E-state index in [0.29, 0.717) is 5.39 Å². The minimum atomic E-state index is -0.135. The van der Waals surface area contributed by atoms with Crippen LogP contribution >= 0.6 is 0 Å². The zero-order valence-corrected chi connectivity index (χ0v) is 15.2. The van der Waals surface area contributed by atoms with E-state index in [-0.39, 0.29) is 23.9 Å². The minimum absolute atomic E-state index is 0.0416. The van der Waals surface area contributed by atoms with Crippen molar-refractivity contribution in [2.24, 2.45) is 0 Å². The highest BCUT2D eigenvalue weighted by molar-refractivity contribution is 5.82. The summed E-state index contributed by atoms with van der Waals surface area (Å²) >= 11 is 0. The summed E-state index contributed by atoms with van der Waals surface area (Å²) in [6.07, 6.45) is 1.67. The molecule has 2 aromatic carbocycles. The predicted octanol–water partition coefficient (Wildman–Crippen LogP) is 3.23. The molecular formula is C21H22N2O3. The van der Waals surface area contributed by atoms with Crippen LogP contribution in [0.25, 0.3) is 10.9 Å². The van der Waals surface area contributed by atoms with Crippen molar-refractivity contribution >= 4 is 16.8 Å². The summed E-state index contributed by atoms with van der Waals surface area (Å²) in [6.45, 7) is 2.13. The summed E-state index contributed by atoms with van der Waals surface area (Å²) in [5.41, 5.74) is 1.67. The number of nitrogens with zero attached hydrogens (tertiary/aromatic N) is 2. The van der Waals surface area contributed by atoms with Crippen molar-refractivity contribution in [3.63, 3.8) is 0 Å². The first-order valence-electron chi connectivity index (χ1n) is 8.49. The molecule has 0 unspecified atom stereocenters. The van der Waals surface area contributed by atoms with Gasteiger partial charge in [0.25, 0.3) is 0 Å². The quantitative estimate of drug-likeness (QED) is 0.710. The topological polar surface area (TPSA) is 51.5 Å². The van der Waals surface area contributed by atoms with Crippen LogP contribution in [-0.4, -0.2) is 29.5 Å². The molecule has 1 heterocycles. The molecule has 0 aliphatic rings. The van der Waals surface area contributed by atoms with Gasteiger partial charge < -0.3 is 14.2 Å². The molecule has 0 aliphatic heterocycles. The van der Waals surface area contributed by atoms with Crippen LogP contribution in [0.2, 0.25) is 0 Å². The van der Waals surface area contributed by atoms with E-state index < -0.39 is 0 Å². The number of carbonyl (C=O) groups excluding carboxylic acids is 1. The van der Waals surface area contributed by atoms with Crippen molar-refractivity contribution in [2.45, 2.75) is 19.5 Å². The summed E-state index contributed by atoms with van der Waals surface area (Å²) in [5, 5.41) is 0.614. The van der Waals surface area contributed by atoms with Gasteiger partial charge in [-0.3, -0.25) is 9.59 Å². The number of fused-ring (bicyclic) bond motifs is 1. The maximum Gasteiger partial charge on any atom is 0.242 e. The molecule has 1 atom stereocenters. The van der Waals surface area contributed by atoms with Crippen LogP contribution in [-0.2, 0) is 11.3 Å². The third-order valence-electron chi connectivity index (χ3n) is 4.75. The predicted molar refractivity (Wildman–Crippen MR) is 102 cm³/mol. The second kappa shape index (κ2) is 7.44. The van der Waals surface area contributed by atoms with Crippen molar-refractivity contribution in [1.82, 2.24) is 9.47 Å². The lowest BCUT2D eigenvalue weighted by molar-refractivity contribution is -0.132. The molecule has 0 saturated carbocycles. The smallest absolute Gasteiger partial charge is 0.242 e. The fraction of sp³-hybridized carbons (Fsp3) is 0.238. The number of likely N-dealkylation sites (N-methyl/N-ethyl adjacent to an activating group) is 1. The van der Waals surface area contributed by atoms with Gasteiger partial charge in [-0.1, -0.05) is 30.3 Å². The Bertz CT molecular complexity index is 994. The van der Waals surface area contributed by atoms with Crippen LogP contribution in [0.3, 0.4) is 0 Å². The molecule has 0 N–H and O–H groups in total. The first-order valence-corrected chi connectivity index (χ1v) is 8.49. The van der Waals surface area contributed by atoms with E-state index >= 15 is 0 Å². The number of ether oxygens (including phenoxy) is 1. The number of para-hydroxylation sites is 2. The summed E-state index contributed by atoms with van der Waals surface area (Å²) in [6, 6.07) is 16.4. The normalized spacial score (nSPS) is 12.0. The summed E-state index contributed by atoms with van der Waals surface area (Å²) in [4.78, 5) is 26.5. The average Bonchev–Trinajstić information content (AvgIpc) is 2.69. The van der Waals surface area contributed by atoms with Gasteiger partial charge in [-0.15, -0.1) is 0 Å². The second-order valence-corrected chi connectivity index (χ2v) is 6.25. The van der Waals surface area contributed by atoms with Crippen LogP contribution in [0.15, 0.2) is 65.6 Å². The van der Waals surface area contributed by atoms with Crippen molar-refractivity contribution in [1.29, 1.82) is 0 Å². The highest BCUT2D eigenvalue weighted by Crippen LogP contribution is 2.28. The number of rotatable bonds is 5. The Morgan fingerprint density at radius 1 is 1.12 bits per heavy atom. The molecule has 0 radical (unpaired) electrons. The van der Waals surface area contributed by atoms with Gasteiger partial charge in [0.15, 0.2) is 5.43 Å². The number of benzene rings is 2. The van der Waals surface area contributed by atoms with Crippen molar-refractivity contribution in [3.05, 3.63) is 76.6 Å². The third-order valence-corrected chi connectivity index (χ3v) is 4.75. The number of pyridine rings is 1. The highest BCUT2D eigenvalue weighted by Gasteiger charge is 2.20. The minimum Gasteiger partial charge on any atom is -0.496 e. The Hall–Kier alpha value is -3.08. The number of carbonyl (C=O) groups is 1. The Morgan fingerprint density at radius 3 is 2.58 bits per heavy atom. The van der Waals surface area contributed by atoms with E-state index in [4.69, 9.17) is 4.74 Å². The Labute approximate surface area is 152 Å². The molecule has 0 fully saturated rings. The lowest BCUT2D eigenvalue weighted by Gasteiger charge is -2.27. The van der Waals surface area contributed by atoms with Gasteiger partial charge in [0.05, 0.1) is 18.7 Å². The molecule has 1 amide bonds. The van der Waals surface area contributed by atoms with Crippen LogP contribution in [0.1, 0.15) is 18.5 Å². The number of methoxy groups -OCH3 is 1. The Morgan fingerprint density at radius 2 is 1.81 bits per heavy atom. The van der Waals surface area contributed by atoms with Crippen LogP contribution in [0.4, 0.5) is 0 Å². The van der Waals surface area contributed by atoms with Crippen molar-refractivity contribution in [2.75, 3.05) is 14.2 Å². The number of hydrogen-bond acceptors (Lipinski definition) is 3. The van der Waals surface area contributed by atoms with Gasteiger partial charge in [0.2, 0.25) is 5.91 Å². The lowest BCUT2D eigenvalue weighted by atomic mass is 10.1. The first-order chi connectivity index (χ1) is 12.5. The Kier molecular flexibility index (Phi) is 5.07. The molecule has 0 saturated heterocycles. The van der Waals surface area contributed by atoms with Crippen LogP contribution < -0.4 is 10.2 Å². The van der Waals surface area contributed by atoms with E-state index in [0.717, 1.165) is 16.8 Å². The highest BCUT2D eigenvalue weighted by atomic mass is 16.5. The van der Waals surface area contributed by atoms with Gasteiger partial charge in [0, 0.05) is 30.3 Å². The first kappa shape index (κ1) is 17.7. The third kappa shape index (κ3) is 3.33. The average molecular weight is 350 g/mol. The SMILES string of the molecule is COc1ccccc1[C@H](C)N(C)C(=O)Cn1ccc(=O)c2ccccc21. The second-order valence-electron chi connectivity index (χ2n) is 6.25. The van der Waals surface area contributed by atoms with Gasteiger partial charge in [-0.05, 0) is 25.1 Å². The van der Waals surface area contributed by atoms with E-state index in [1.807, 2.05) is 54.0 Å². The van der Waals surface area contributed by atoms with Crippen LogP contribution in [0.5, 0.6) is 5.75 Å². The zero-order valence-electron chi connectivity index (χ0n) is 15.2. The number of aromatic nitrogens is 1. The van der Waals surface area contributed by atoms with Gasteiger partial charge >= 0.3 is 0 Å². The number of hydrogen-bond donors (Lipinski definition) is 0. The van der Waals surface area contributed by atoms with Gasteiger partial charge in [0.1, 0.15) is 12.3 Å². The molecule has 3 aromatic rings. The molecule has 26 heavy (non-hydrogen) atoms. The molecule has 134 valence electrons. The van der Waals surface area contributed by atoms with Crippen molar-refractivity contribution < 1.29 is 9.53 Å². The number of amides is 1. The molecule has 5 heteroatoms. The zero-order chi connectivity index (χ0) is 18.7. The van der Waals surface area contributed by atoms with E-state index in [1.165, 1.54) is 6.07 Å². The van der Waals surface area contributed by atoms with E-state index in [1.54, 1.807) is 31.3 Å². The maximum absolute atomic E-state index is 12.8. The fourth-order valence-corrected chi connectivity index (χ4v) is 3.09. The maximum atomic E-state index is 12.8. The summed E-state index contributed by atoms with van der Waals surface area (Å²) in [5.74, 6) is 0.714. The standard InChI is InChI=1S/C21H22N2O3/c1-15(16-8-5-7-11-20(16)26-3)22(2)21(25)14-23-13-12-19(24)17-9-4-6-10-18(17)23/h4-13,15H,14H2,1-3H3/t15-/m0/s1. The summed E-state index contributed by atoms with van der Waals surface area (Å²) < 4.78 is 7.22. The molecule has 0 aliphatic carbocycles.